The van der Waals surface area contributed by atoms with Gasteiger partial charge in [-0.15, -0.1) is 0 Å². The maximum Gasteiger partial charge on any atom is 0.237 e. The van der Waals surface area contributed by atoms with E-state index in [0.29, 0.717) is 32.5 Å². The van der Waals surface area contributed by atoms with Gasteiger partial charge in [0, 0.05) is 13.1 Å². The first-order chi connectivity index (χ1) is 8.05. The van der Waals surface area contributed by atoms with Gasteiger partial charge in [-0.1, -0.05) is 0 Å². The lowest BCUT2D eigenvalue weighted by atomic mass is 10.1. The summed E-state index contributed by atoms with van der Waals surface area (Å²) in [6, 6.07) is 0. The lowest BCUT2D eigenvalue weighted by Gasteiger charge is -2.26. The van der Waals surface area contributed by atoms with E-state index < -0.39 is 9.84 Å². The lowest BCUT2D eigenvalue weighted by Crippen LogP contribution is -2.39. The summed E-state index contributed by atoms with van der Waals surface area (Å²) in [5.41, 5.74) is 5.31. The summed E-state index contributed by atoms with van der Waals surface area (Å²) in [6.45, 7) is 1.91. The minimum Gasteiger partial charge on any atom is -0.342 e. The molecule has 0 aromatic carbocycles. The topological polar surface area (TPSA) is 80.5 Å². The average molecular weight is 262 g/mol. The third kappa shape index (κ3) is 5.50. The predicted molar refractivity (Wildman–Crippen MR) is 67.4 cm³/mol. The number of carbonyl (C=O) groups excluding carboxylic acids is 1. The molecule has 0 saturated carbocycles. The number of hydrogen-bond donors (Lipinski definition) is 1. The molecular formula is C11H22N2O3S. The van der Waals surface area contributed by atoms with Crippen LogP contribution >= 0.6 is 0 Å². The van der Waals surface area contributed by atoms with Gasteiger partial charge in [0.15, 0.2) is 9.84 Å². The number of amides is 1. The van der Waals surface area contributed by atoms with Crippen molar-refractivity contribution in [3.8, 4) is 0 Å². The van der Waals surface area contributed by atoms with Crippen LogP contribution in [0.4, 0.5) is 0 Å². The minimum absolute atomic E-state index is 0.0732. The van der Waals surface area contributed by atoms with E-state index in [9.17, 15) is 13.2 Å². The van der Waals surface area contributed by atoms with Crippen LogP contribution in [-0.2, 0) is 14.6 Å². The number of carbonyl (C=O) groups is 1. The highest BCUT2D eigenvalue weighted by atomic mass is 32.2. The maximum atomic E-state index is 11.8. The van der Waals surface area contributed by atoms with Gasteiger partial charge in [-0.3, -0.25) is 4.79 Å². The minimum atomic E-state index is -3.25. The molecule has 0 radical (unpaired) electrons. The normalized spacial score (nSPS) is 17.1. The quantitative estimate of drug-likeness (QED) is 0.691. The second kappa shape index (κ2) is 6.96. The van der Waals surface area contributed by atoms with Crippen molar-refractivity contribution in [2.24, 2.45) is 5.73 Å². The second-order valence-corrected chi connectivity index (χ2v) is 6.71. The Bertz CT molecular complexity index is 335. The van der Waals surface area contributed by atoms with Crippen LogP contribution in [0, 0.1) is 0 Å². The standard InChI is InChI=1S/C11H22N2O3S/c12-6-2-5-9-17(15,16)10-11(14)13-7-3-1-4-8-13/h1-10,12H2. The molecular weight excluding hydrogens is 240 g/mol. The Kier molecular flexibility index (Phi) is 5.91. The molecule has 0 aliphatic carbocycles. The molecule has 1 heterocycles. The van der Waals surface area contributed by atoms with Crippen LogP contribution in [0.2, 0.25) is 0 Å². The van der Waals surface area contributed by atoms with Crippen molar-refractivity contribution in [3.63, 3.8) is 0 Å². The molecule has 0 bridgehead atoms. The number of rotatable bonds is 6. The van der Waals surface area contributed by atoms with Gasteiger partial charge in [0.2, 0.25) is 5.91 Å². The summed E-state index contributed by atoms with van der Waals surface area (Å²) in [6.07, 6.45) is 4.34. The summed E-state index contributed by atoms with van der Waals surface area (Å²) in [7, 11) is -3.25. The highest BCUT2D eigenvalue weighted by molar-refractivity contribution is 7.92. The van der Waals surface area contributed by atoms with Gasteiger partial charge < -0.3 is 10.6 Å². The molecule has 1 amide bonds. The van der Waals surface area contributed by atoms with Crippen molar-refractivity contribution in [1.82, 2.24) is 4.90 Å². The Labute approximate surface area is 103 Å². The Morgan fingerprint density at radius 1 is 1.12 bits per heavy atom. The zero-order valence-electron chi connectivity index (χ0n) is 10.2. The van der Waals surface area contributed by atoms with Crippen molar-refractivity contribution < 1.29 is 13.2 Å². The van der Waals surface area contributed by atoms with Gasteiger partial charge in [0.1, 0.15) is 5.75 Å². The number of unbranched alkanes of at least 4 members (excludes halogenated alkanes) is 1. The van der Waals surface area contributed by atoms with Gasteiger partial charge in [0.05, 0.1) is 5.75 Å². The van der Waals surface area contributed by atoms with Crippen LogP contribution in [0.1, 0.15) is 32.1 Å². The molecule has 0 aromatic rings. The molecule has 0 spiro atoms. The highest BCUT2D eigenvalue weighted by Crippen LogP contribution is 2.10. The molecule has 0 aromatic heterocycles. The SMILES string of the molecule is NCCCCS(=O)(=O)CC(=O)N1CCCCC1. The first kappa shape index (κ1) is 14.4. The summed E-state index contributed by atoms with van der Waals surface area (Å²) in [5, 5.41) is 0. The monoisotopic (exact) mass is 262 g/mol. The fourth-order valence-electron chi connectivity index (χ4n) is 1.96. The van der Waals surface area contributed by atoms with E-state index in [0.717, 1.165) is 19.3 Å². The predicted octanol–water partition coefficient (Wildman–Crippen LogP) is 0.153. The van der Waals surface area contributed by atoms with Crippen LogP contribution in [-0.4, -0.2) is 50.4 Å². The van der Waals surface area contributed by atoms with E-state index in [-0.39, 0.29) is 17.4 Å². The first-order valence-corrected chi connectivity index (χ1v) is 8.05. The average Bonchev–Trinajstić information content (AvgIpc) is 2.30. The lowest BCUT2D eigenvalue weighted by molar-refractivity contribution is -0.129. The van der Waals surface area contributed by atoms with E-state index in [2.05, 4.69) is 0 Å². The van der Waals surface area contributed by atoms with E-state index in [1.165, 1.54) is 0 Å². The molecule has 1 saturated heterocycles. The molecule has 1 aliphatic heterocycles. The zero-order chi connectivity index (χ0) is 12.7. The molecule has 1 rings (SSSR count). The maximum absolute atomic E-state index is 11.8. The molecule has 17 heavy (non-hydrogen) atoms. The molecule has 0 atom stereocenters. The molecule has 5 nitrogen and oxygen atoms in total. The van der Waals surface area contributed by atoms with Gasteiger partial charge >= 0.3 is 0 Å². The number of likely N-dealkylation sites (tertiary alicyclic amines) is 1. The Hall–Kier alpha value is -0.620. The van der Waals surface area contributed by atoms with Crippen molar-refractivity contribution in [1.29, 1.82) is 0 Å². The molecule has 2 N–H and O–H groups in total. The van der Waals surface area contributed by atoms with Crippen LogP contribution in [0.15, 0.2) is 0 Å². The number of piperidine rings is 1. The Balaban J connectivity index is 2.37. The number of hydrogen-bond acceptors (Lipinski definition) is 4. The molecule has 100 valence electrons. The van der Waals surface area contributed by atoms with Crippen LogP contribution in [0.5, 0.6) is 0 Å². The number of sulfone groups is 1. The molecule has 0 unspecified atom stereocenters. The van der Waals surface area contributed by atoms with Gasteiger partial charge in [-0.05, 0) is 38.6 Å². The second-order valence-electron chi connectivity index (χ2n) is 4.53. The summed E-state index contributed by atoms with van der Waals surface area (Å²) < 4.78 is 23.3. The summed E-state index contributed by atoms with van der Waals surface area (Å²) in [5.74, 6) is -0.501. The Morgan fingerprint density at radius 3 is 2.35 bits per heavy atom. The zero-order valence-corrected chi connectivity index (χ0v) is 11.0. The third-order valence-electron chi connectivity index (χ3n) is 2.96. The summed E-state index contributed by atoms with van der Waals surface area (Å²) in [4.78, 5) is 13.4. The first-order valence-electron chi connectivity index (χ1n) is 6.23. The van der Waals surface area contributed by atoms with Crippen molar-refractivity contribution in [2.45, 2.75) is 32.1 Å². The van der Waals surface area contributed by atoms with Crippen LogP contribution in [0.3, 0.4) is 0 Å². The smallest absolute Gasteiger partial charge is 0.237 e. The van der Waals surface area contributed by atoms with Gasteiger partial charge in [-0.2, -0.15) is 0 Å². The Morgan fingerprint density at radius 2 is 1.76 bits per heavy atom. The van der Waals surface area contributed by atoms with Crippen molar-refractivity contribution in [2.75, 3.05) is 31.1 Å². The van der Waals surface area contributed by atoms with Gasteiger partial charge in [-0.25, -0.2) is 8.42 Å². The van der Waals surface area contributed by atoms with Crippen molar-refractivity contribution in [3.05, 3.63) is 0 Å². The molecule has 1 fully saturated rings. The molecule has 6 heteroatoms. The van der Waals surface area contributed by atoms with E-state index >= 15 is 0 Å². The van der Waals surface area contributed by atoms with E-state index in [1.54, 1.807) is 4.90 Å². The largest absolute Gasteiger partial charge is 0.342 e. The van der Waals surface area contributed by atoms with Crippen molar-refractivity contribution >= 4 is 15.7 Å². The van der Waals surface area contributed by atoms with Crippen LogP contribution < -0.4 is 5.73 Å². The van der Waals surface area contributed by atoms with E-state index in [1.807, 2.05) is 0 Å². The molecule has 1 aliphatic rings. The number of nitrogens with two attached hydrogens (primary N) is 1. The van der Waals surface area contributed by atoms with Crippen LogP contribution in [0.25, 0.3) is 0 Å². The van der Waals surface area contributed by atoms with Gasteiger partial charge in [0.25, 0.3) is 0 Å². The summed E-state index contributed by atoms with van der Waals surface area (Å²) >= 11 is 0. The highest BCUT2D eigenvalue weighted by Gasteiger charge is 2.22. The third-order valence-corrected chi connectivity index (χ3v) is 4.56. The number of nitrogens with zero attached hydrogens (tertiary/aromatic N) is 1. The fraction of sp³-hybridized carbons (Fsp3) is 0.909. The van der Waals surface area contributed by atoms with E-state index in [4.69, 9.17) is 5.73 Å². The fourth-order valence-corrected chi connectivity index (χ4v) is 3.31.